The van der Waals surface area contributed by atoms with Gasteiger partial charge in [0.1, 0.15) is 0 Å². The molecule has 2 N–H and O–H groups in total. The Hall–Kier alpha value is -0.770. The fraction of sp³-hybridized carbons (Fsp3) is 0.364. The predicted molar refractivity (Wildman–Crippen MR) is 65.1 cm³/mol. The van der Waals surface area contributed by atoms with E-state index < -0.39 is 5.97 Å². The monoisotopic (exact) mass is 261 g/mol. The molecule has 0 aliphatic heterocycles. The molecule has 16 heavy (non-hydrogen) atoms. The SMILES string of the molecule is CC(NCCC(=O)O)c1cccc(Cl)c1Cl. The fourth-order valence-electron chi connectivity index (χ4n) is 1.36. The van der Waals surface area contributed by atoms with Crippen molar-refractivity contribution in [2.24, 2.45) is 0 Å². The zero-order valence-corrected chi connectivity index (χ0v) is 10.3. The fourth-order valence-corrected chi connectivity index (χ4v) is 1.83. The van der Waals surface area contributed by atoms with Crippen molar-refractivity contribution in [3.05, 3.63) is 33.8 Å². The van der Waals surface area contributed by atoms with Crippen LogP contribution in [0.3, 0.4) is 0 Å². The number of aliphatic carboxylic acids is 1. The van der Waals surface area contributed by atoms with Crippen LogP contribution in [-0.2, 0) is 4.79 Å². The lowest BCUT2D eigenvalue weighted by atomic mass is 10.1. The molecule has 1 aromatic rings. The van der Waals surface area contributed by atoms with E-state index in [0.717, 1.165) is 5.56 Å². The third-order valence-electron chi connectivity index (χ3n) is 2.24. The first-order valence-corrected chi connectivity index (χ1v) is 5.67. The molecule has 0 radical (unpaired) electrons. The van der Waals surface area contributed by atoms with Gasteiger partial charge in [-0.15, -0.1) is 0 Å². The summed E-state index contributed by atoms with van der Waals surface area (Å²) >= 11 is 11.9. The van der Waals surface area contributed by atoms with Gasteiger partial charge >= 0.3 is 5.97 Å². The highest BCUT2D eigenvalue weighted by molar-refractivity contribution is 6.42. The van der Waals surface area contributed by atoms with Gasteiger partial charge in [-0.2, -0.15) is 0 Å². The summed E-state index contributed by atoms with van der Waals surface area (Å²) in [6.45, 7) is 2.32. The summed E-state index contributed by atoms with van der Waals surface area (Å²) in [7, 11) is 0. The second-order valence-corrected chi connectivity index (χ2v) is 4.25. The highest BCUT2D eigenvalue weighted by Gasteiger charge is 2.11. The van der Waals surface area contributed by atoms with Crippen molar-refractivity contribution in [3.8, 4) is 0 Å². The molecule has 3 nitrogen and oxygen atoms in total. The first-order valence-electron chi connectivity index (χ1n) is 4.91. The number of nitrogens with one attached hydrogen (secondary N) is 1. The van der Waals surface area contributed by atoms with Crippen molar-refractivity contribution in [1.29, 1.82) is 0 Å². The third kappa shape index (κ3) is 3.67. The molecule has 0 aliphatic rings. The maximum Gasteiger partial charge on any atom is 0.304 e. The Kier molecular flexibility index (Phi) is 5.06. The average Bonchev–Trinajstić information content (AvgIpc) is 2.21. The molecule has 0 bridgehead atoms. The number of carboxylic acids is 1. The van der Waals surface area contributed by atoms with E-state index in [0.29, 0.717) is 16.6 Å². The minimum atomic E-state index is -0.822. The summed E-state index contributed by atoms with van der Waals surface area (Å²) < 4.78 is 0. The van der Waals surface area contributed by atoms with Crippen molar-refractivity contribution in [2.45, 2.75) is 19.4 Å². The normalized spacial score (nSPS) is 12.4. The molecule has 88 valence electrons. The van der Waals surface area contributed by atoms with Crippen molar-refractivity contribution < 1.29 is 9.90 Å². The van der Waals surface area contributed by atoms with Gasteiger partial charge in [0.15, 0.2) is 0 Å². The van der Waals surface area contributed by atoms with Crippen LogP contribution in [0.15, 0.2) is 18.2 Å². The van der Waals surface area contributed by atoms with Gasteiger partial charge in [-0.05, 0) is 18.6 Å². The van der Waals surface area contributed by atoms with Gasteiger partial charge in [0.05, 0.1) is 16.5 Å². The molecule has 1 unspecified atom stereocenters. The molecule has 5 heteroatoms. The van der Waals surface area contributed by atoms with E-state index in [1.807, 2.05) is 19.1 Å². The van der Waals surface area contributed by atoms with Crippen molar-refractivity contribution in [2.75, 3.05) is 6.54 Å². The minimum Gasteiger partial charge on any atom is -0.481 e. The van der Waals surface area contributed by atoms with Gasteiger partial charge in [0, 0.05) is 12.6 Å². The molecule has 0 heterocycles. The van der Waals surface area contributed by atoms with Gasteiger partial charge in [-0.25, -0.2) is 0 Å². The van der Waals surface area contributed by atoms with Crippen LogP contribution in [0.25, 0.3) is 0 Å². The number of carboxylic acid groups (broad SMARTS) is 1. The average molecular weight is 262 g/mol. The van der Waals surface area contributed by atoms with Gasteiger partial charge in [0.2, 0.25) is 0 Å². The van der Waals surface area contributed by atoms with Crippen LogP contribution in [0, 0.1) is 0 Å². The summed E-state index contributed by atoms with van der Waals surface area (Å²) in [5, 5.41) is 12.6. The molecular weight excluding hydrogens is 249 g/mol. The van der Waals surface area contributed by atoms with E-state index in [2.05, 4.69) is 5.32 Å². The number of rotatable bonds is 5. The quantitative estimate of drug-likeness (QED) is 0.857. The zero-order chi connectivity index (χ0) is 12.1. The van der Waals surface area contributed by atoms with Crippen LogP contribution >= 0.6 is 23.2 Å². The first kappa shape index (κ1) is 13.3. The van der Waals surface area contributed by atoms with Gasteiger partial charge in [-0.3, -0.25) is 4.79 Å². The molecule has 1 rings (SSSR count). The standard InChI is InChI=1S/C11H13Cl2NO2/c1-7(14-6-5-10(15)16)8-3-2-4-9(12)11(8)13/h2-4,7,14H,5-6H2,1H3,(H,15,16). The molecule has 0 aromatic heterocycles. The molecular formula is C11H13Cl2NO2. The maximum atomic E-state index is 10.4. The highest BCUT2D eigenvalue weighted by Crippen LogP contribution is 2.29. The summed E-state index contributed by atoms with van der Waals surface area (Å²) in [6.07, 6.45) is 0.0858. The van der Waals surface area contributed by atoms with Gasteiger partial charge in [-0.1, -0.05) is 35.3 Å². The van der Waals surface area contributed by atoms with Crippen LogP contribution in [0.5, 0.6) is 0 Å². The Labute approximate surface area is 104 Å². The summed E-state index contributed by atoms with van der Waals surface area (Å²) in [5.41, 5.74) is 0.875. The zero-order valence-electron chi connectivity index (χ0n) is 8.84. The largest absolute Gasteiger partial charge is 0.481 e. The number of carbonyl (C=O) groups is 1. The Bertz CT molecular complexity index is 382. The molecule has 0 saturated heterocycles. The van der Waals surface area contributed by atoms with Crippen LogP contribution in [0.2, 0.25) is 10.0 Å². The lowest BCUT2D eigenvalue weighted by molar-refractivity contribution is -0.136. The van der Waals surface area contributed by atoms with Crippen molar-refractivity contribution in [3.63, 3.8) is 0 Å². The Morgan fingerprint density at radius 2 is 2.19 bits per heavy atom. The van der Waals surface area contributed by atoms with Crippen LogP contribution in [0.4, 0.5) is 0 Å². The summed E-state index contributed by atoms with van der Waals surface area (Å²) in [5.74, 6) is -0.822. The minimum absolute atomic E-state index is 0.0226. The number of halogens is 2. The van der Waals surface area contributed by atoms with E-state index >= 15 is 0 Å². The molecule has 0 saturated carbocycles. The Morgan fingerprint density at radius 1 is 1.50 bits per heavy atom. The predicted octanol–water partition coefficient (Wildman–Crippen LogP) is 3.12. The highest BCUT2D eigenvalue weighted by atomic mass is 35.5. The van der Waals surface area contributed by atoms with Crippen molar-refractivity contribution in [1.82, 2.24) is 5.32 Å². The number of benzene rings is 1. The van der Waals surface area contributed by atoms with Crippen molar-refractivity contribution >= 4 is 29.2 Å². The molecule has 0 fully saturated rings. The molecule has 0 spiro atoms. The summed E-state index contributed by atoms with van der Waals surface area (Å²) in [6, 6.07) is 5.38. The number of hydrogen-bond acceptors (Lipinski definition) is 2. The van der Waals surface area contributed by atoms with Crippen LogP contribution in [-0.4, -0.2) is 17.6 Å². The van der Waals surface area contributed by atoms with E-state index in [4.69, 9.17) is 28.3 Å². The second kappa shape index (κ2) is 6.09. The van der Waals surface area contributed by atoms with E-state index in [1.165, 1.54) is 0 Å². The molecule has 1 atom stereocenters. The maximum absolute atomic E-state index is 10.4. The summed E-state index contributed by atoms with van der Waals surface area (Å²) in [4.78, 5) is 10.4. The molecule has 0 aliphatic carbocycles. The lowest BCUT2D eigenvalue weighted by Gasteiger charge is -2.15. The molecule has 0 amide bonds. The van der Waals surface area contributed by atoms with Crippen LogP contribution < -0.4 is 5.32 Å². The lowest BCUT2D eigenvalue weighted by Crippen LogP contribution is -2.22. The van der Waals surface area contributed by atoms with Crippen LogP contribution in [0.1, 0.15) is 24.9 Å². The Balaban J connectivity index is 2.62. The topological polar surface area (TPSA) is 49.3 Å². The van der Waals surface area contributed by atoms with E-state index in [9.17, 15) is 4.79 Å². The second-order valence-electron chi connectivity index (χ2n) is 3.46. The molecule has 1 aromatic carbocycles. The van der Waals surface area contributed by atoms with E-state index in [1.54, 1.807) is 6.07 Å². The third-order valence-corrected chi connectivity index (χ3v) is 3.07. The number of hydrogen-bond donors (Lipinski definition) is 2. The van der Waals surface area contributed by atoms with Gasteiger partial charge in [0.25, 0.3) is 0 Å². The van der Waals surface area contributed by atoms with E-state index in [-0.39, 0.29) is 12.5 Å². The van der Waals surface area contributed by atoms with Gasteiger partial charge < -0.3 is 10.4 Å². The smallest absolute Gasteiger partial charge is 0.304 e. The first-order chi connectivity index (χ1) is 7.52. The Morgan fingerprint density at radius 3 is 2.81 bits per heavy atom.